The van der Waals surface area contributed by atoms with E-state index in [1.165, 1.54) is 12.8 Å². The molecule has 166 valence electrons. The number of carbonyl (C=O) groups is 1. The number of fused-ring (bicyclic) bond motifs is 1. The Morgan fingerprint density at radius 2 is 1.84 bits per heavy atom. The lowest BCUT2D eigenvalue weighted by Gasteiger charge is -2.26. The van der Waals surface area contributed by atoms with E-state index in [-0.39, 0.29) is 11.8 Å². The van der Waals surface area contributed by atoms with Crippen molar-refractivity contribution < 1.29 is 9.53 Å². The van der Waals surface area contributed by atoms with Crippen molar-refractivity contribution in [1.29, 1.82) is 0 Å². The minimum absolute atomic E-state index is 0.0457. The first-order valence-electron chi connectivity index (χ1n) is 11.4. The van der Waals surface area contributed by atoms with E-state index in [1.807, 2.05) is 43.3 Å². The smallest absolute Gasteiger partial charge is 0.226 e. The van der Waals surface area contributed by atoms with Crippen molar-refractivity contribution in [2.24, 2.45) is 0 Å². The molecule has 8 nitrogen and oxygen atoms in total. The Morgan fingerprint density at radius 3 is 2.59 bits per heavy atom. The number of hydrogen-bond donors (Lipinski definition) is 1. The highest BCUT2D eigenvalue weighted by atomic mass is 16.5. The molecular weight excluding hydrogens is 404 g/mol. The van der Waals surface area contributed by atoms with Crippen molar-refractivity contribution in [2.45, 2.75) is 45.4 Å². The molecule has 1 N–H and O–H groups in total. The van der Waals surface area contributed by atoms with Crippen LogP contribution in [0.5, 0.6) is 5.75 Å². The fraction of sp³-hybridized carbons (Fsp3) is 0.417. The van der Waals surface area contributed by atoms with Crippen LogP contribution >= 0.6 is 0 Å². The Labute approximate surface area is 187 Å². The number of benzene rings is 1. The van der Waals surface area contributed by atoms with Crippen LogP contribution in [0.4, 0.5) is 11.6 Å². The minimum Gasteiger partial charge on any atom is -0.493 e. The van der Waals surface area contributed by atoms with Crippen molar-refractivity contribution in [2.75, 3.05) is 29.9 Å². The Bertz CT molecular complexity index is 1120. The van der Waals surface area contributed by atoms with E-state index in [0.29, 0.717) is 24.7 Å². The van der Waals surface area contributed by atoms with Gasteiger partial charge >= 0.3 is 0 Å². The lowest BCUT2D eigenvalue weighted by molar-refractivity contribution is -0.116. The normalized spacial score (nSPS) is 17.9. The van der Waals surface area contributed by atoms with E-state index in [0.717, 1.165) is 47.9 Å². The third kappa shape index (κ3) is 3.70. The predicted molar refractivity (Wildman–Crippen MR) is 123 cm³/mol. The van der Waals surface area contributed by atoms with Gasteiger partial charge in [0.15, 0.2) is 11.6 Å². The fourth-order valence-electron chi connectivity index (χ4n) is 4.64. The summed E-state index contributed by atoms with van der Waals surface area (Å²) in [6.45, 7) is 6.73. The van der Waals surface area contributed by atoms with E-state index >= 15 is 0 Å². The third-order valence-corrected chi connectivity index (χ3v) is 6.14. The van der Waals surface area contributed by atoms with Crippen LogP contribution in [0.15, 0.2) is 36.4 Å². The molecule has 0 unspecified atom stereocenters. The Morgan fingerprint density at radius 1 is 1.09 bits per heavy atom. The first-order chi connectivity index (χ1) is 15.7. The second-order valence-corrected chi connectivity index (χ2v) is 8.39. The average molecular weight is 433 g/mol. The Balaban J connectivity index is 1.53. The number of hydrogen-bond acceptors (Lipinski definition) is 6. The van der Waals surface area contributed by atoms with Gasteiger partial charge < -0.3 is 15.0 Å². The van der Waals surface area contributed by atoms with E-state index in [9.17, 15) is 4.79 Å². The van der Waals surface area contributed by atoms with Crippen LogP contribution in [0.2, 0.25) is 0 Å². The van der Waals surface area contributed by atoms with Gasteiger partial charge in [0.25, 0.3) is 0 Å². The zero-order valence-corrected chi connectivity index (χ0v) is 18.5. The van der Waals surface area contributed by atoms with E-state index in [2.05, 4.69) is 27.3 Å². The van der Waals surface area contributed by atoms with Gasteiger partial charge in [-0.3, -0.25) is 4.79 Å². The van der Waals surface area contributed by atoms with E-state index in [1.54, 1.807) is 4.68 Å². The van der Waals surface area contributed by atoms with Gasteiger partial charge in [0.05, 0.1) is 12.3 Å². The van der Waals surface area contributed by atoms with Gasteiger partial charge in [0, 0.05) is 36.6 Å². The summed E-state index contributed by atoms with van der Waals surface area (Å²) in [5.74, 6) is 2.79. The van der Waals surface area contributed by atoms with E-state index < -0.39 is 0 Å². The molecule has 8 heteroatoms. The first-order valence-corrected chi connectivity index (χ1v) is 11.4. The van der Waals surface area contributed by atoms with Gasteiger partial charge in [-0.05, 0) is 44.4 Å². The summed E-state index contributed by atoms with van der Waals surface area (Å²) in [6.07, 6.45) is 3.65. The molecule has 32 heavy (non-hydrogen) atoms. The maximum Gasteiger partial charge on any atom is 0.226 e. The molecule has 0 saturated carbocycles. The van der Waals surface area contributed by atoms with E-state index in [4.69, 9.17) is 9.84 Å². The average Bonchev–Trinajstić information content (AvgIpc) is 3.46. The highest BCUT2D eigenvalue weighted by Crippen LogP contribution is 2.43. The molecule has 1 aromatic carbocycles. The van der Waals surface area contributed by atoms with Gasteiger partial charge in [-0.25, -0.2) is 0 Å². The first kappa shape index (κ1) is 20.5. The zero-order chi connectivity index (χ0) is 22.1. The monoisotopic (exact) mass is 432 g/mol. The van der Waals surface area contributed by atoms with Crippen LogP contribution in [0, 0.1) is 6.92 Å². The number of aryl methyl sites for hydroxylation is 1. The topological polar surface area (TPSA) is 85.2 Å². The fourth-order valence-corrected chi connectivity index (χ4v) is 4.64. The number of aromatic nitrogens is 4. The van der Waals surface area contributed by atoms with Crippen molar-refractivity contribution in [3.63, 3.8) is 0 Å². The van der Waals surface area contributed by atoms with Crippen molar-refractivity contribution in [1.82, 2.24) is 20.0 Å². The molecule has 0 aliphatic carbocycles. The number of nitrogens with zero attached hydrogens (tertiary/aromatic N) is 5. The lowest BCUT2D eigenvalue weighted by atomic mass is 9.85. The Kier molecular flexibility index (Phi) is 5.51. The Hall–Kier alpha value is -3.42. The quantitative estimate of drug-likeness (QED) is 0.637. The molecule has 4 heterocycles. The molecule has 2 aromatic heterocycles. The van der Waals surface area contributed by atoms with Crippen LogP contribution in [0.1, 0.15) is 55.3 Å². The summed E-state index contributed by atoms with van der Waals surface area (Å²) in [5.41, 5.74) is 2.87. The SMILES string of the molecule is CCCOc1ccccc1[C@@H]1CC(=O)Nc2c1c(C)nn2-c1ccc(N2CCCC2)nn1. The van der Waals surface area contributed by atoms with Gasteiger partial charge in [-0.1, -0.05) is 25.1 Å². The number of rotatable bonds is 6. The second-order valence-electron chi connectivity index (χ2n) is 8.39. The van der Waals surface area contributed by atoms with Gasteiger partial charge in [-0.15, -0.1) is 10.2 Å². The predicted octanol–water partition coefficient (Wildman–Crippen LogP) is 3.83. The van der Waals surface area contributed by atoms with Gasteiger partial charge in [0.2, 0.25) is 5.91 Å². The molecule has 0 radical (unpaired) electrons. The number of nitrogens with one attached hydrogen (secondary N) is 1. The zero-order valence-electron chi connectivity index (χ0n) is 18.5. The van der Waals surface area contributed by atoms with Gasteiger partial charge in [0.1, 0.15) is 11.6 Å². The second kappa shape index (κ2) is 8.61. The minimum atomic E-state index is -0.127. The molecule has 1 saturated heterocycles. The molecule has 5 rings (SSSR count). The molecule has 2 aliphatic rings. The standard InChI is InChI=1S/C24H28N6O2/c1-3-14-32-19-9-5-4-8-17(19)18-15-22(31)25-24-23(18)16(2)28-30(24)21-11-10-20(26-27-21)29-12-6-7-13-29/h4-5,8-11,18H,3,6-7,12-15H2,1-2H3,(H,25,31)/t18-/m0/s1. The number of para-hydroxylation sites is 1. The van der Waals surface area contributed by atoms with Crippen LogP contribution in [-0.4, -0.2) is 45.6 Å². The van der Waals surface area contributed by atoms with Gasteiger partial charge in [-0.2, -0.15) is 9.78 Å². The third-order valence-electron chi connectivity index (χ3n) is 6.14. The number of anilines is 2. The molecule has 1 amide bonds. The molecule has 2 aliphatic heterocycles. The van der Waals surface area contributed by atoms with Crippen LogP contribution in [0.25, 0.3) is 5.82 Å². The maximum absolute atomic E-state index is 12.7. The number of amides is 1. The van der Waals surface area contributed by atoms with Crippen LogP contribution < -0.4 is 15.0 Å². The summed E-state index contributed by atoms with van der Waals surface area (Å²) in [5, 5.41) is 16.6. The summed E-state index contributed by atoms with van der Waals surface area (Å²) in [6, 6.07) is 11.9. The number of ether oxygens (including phenoxy) is 1. The summed E-state index contributed by atoms with van der Waals surface area (Å²) >= 11 is 0. The molecular formula is C24H28N6O2. The highest BCUT2D eigenvalue weighted by Gasteiger charge is 2.34. The highest BCUT2D eigenvalue weighted by molar-refractivity contribution is 5.95. The molecule has 3 aromatic rings. The molecule has 0 spiro atoms. The van der Waals surface area contributed by atoms with Crippen molar-refractivity contribution in [3.05, 3.63) is 53.2 Å². The summed E-state index contributed by atoms with van der Waals surface area (Å²) in [7, 11) is 0. The van der Waals surface area contributed by atoms with Crippen LogP contribution in [-0.2, 0) is 4.79 Å². The lowest BCUT2D eigenvalue weighted by Crippen LogP contribution is -2.25. The van der Waals surface area contributed by atoms with Crippen molar-refractivity contribution in [3.8, 4) is 11.6 Å². The molecule has 1 fully saturated rings. The number of carbonyl (C=O) groups excluding carboxylic acids is 1. The summed E-state index contributed by atoms with van der Waals surface area (Å²) < 4.78 is 7.70. The molecule has 0 bridgehead atoms. The van der Waals surface area contributed by atoms with Crippen molar-refractivity contribution >= 4 is 17.5 Å². The maximum atomic E-state index is 12.7. The van der Waals surface area contributed by atoms with Crippen LogP contribution in [0.3, 0.4) is 0 Å². The largest absolute Gasteiger partial charge is 0.493 e. The summed E-state index contributed by atoms with van der Waals surface area (Å²) in [4.78, 5) is 15.0. The molecule has 1 atom stereocenters.